The Labute approximate surface area is 98.7 Å². The van der Waals surface area contributed by atoms with E-state index in [4.69, 9.17) is 11.6 Å². The van der Waals surface area contributed by atoms with Gasteiger partial charge >= 0.3 is 5.69 Å². The lowest BCUT2D eigenvalue weighted by atomic mass is 10.3. The van der Waals surface area contributed by atoms with Crippen molar-refractivity contribution in [2.24, 2.45) is 0 Å². The van der Waals surface area contributed by atoms with E-state index in [0.717, 1.165) is 0 Å². The summed E-state index contributed by atoms with van der Waals surface area (Å²) in [7, 11) is 3.79. The van der Waals surface area contributed by atoms with E-state index in [2.05, 4.69) is 4.98 Å². The molecule has 0 bridgehead atoms. The predicted octanol–water partition coefficient (Wildman–Crippen LogP) is 0.449. The van der Waals surface area contributed by atoms with E-state index in [-0.39, 0.29) is 16.8 Å². The molecule has 1 rings (SSSR count). The smallest absolute Gasteiger partial charge is 0.305 e. The Morgan fingerprint density at radius 3 is 2.50 bits per heavy atom. The molecule has 90 valence electrons. The molecule has 0 spiro atoms. The minimum Gasteiger partial charge on any atom is -0.305 e. The first kappa shape index (κ1) is 13.0. The van der Waals surface area contributed by atoms with Gasteiger partial charge in [0.25, 0.3) is 5.56 Å². The van der Waals surface area contributed by atoms with E-state index in [1.54, 1.807) is 6.92 Å². The molecule has 1 heterocycles. The number of aromatic amines is 1. The maximum atomic E-state index is 11.8. The van der Waals surface area contributed by atoms with E-state index in [1.807, 2.05) is 25.9 Å². The van der Waals surface area contributed by atoms with Crippen LogP contribution in [0.25, 0.3) is 0 Å². The molecule has 0 fully saturated rings. The average molecular weight is 246 g/mol. The maximum Gasteiger partial charge on any atom is 0.329 e. The molecule has 0 saturated heterocycles. The van der Waals surface area contributed by atoms with Crippen molar-refractivity contribution in [1.82, 2.24) is 14.5 Å². The van der Waals surface area contributed by atoms with Gasteiger partial charge in [0.2, 0.25) is 0 Å². The Hall–Kier alpha value is -1.07. The minimum absolute atomic E-state index is 0.0966. The molecule has 1 aromatic heterocycles. The fourth-order valence-corrected chi connectivity index (χ4v) is 1.40. The number of rotatable bonds is 3. The Morgan fingerprint density at radius 2 is 2.00 bits per heavy atom. The summed E-state index contributed by atoms with van der Waals surface area (Å²) < 4.78 is 1.17. The Balaban J connectivity index is 3.21. The van der Waals surface area contributed by atoms with Crippen LogP contribution in [0.2, 0.25) is 5.15 Å². The van der Waals surface area contributed by atoms with Crippen molar-refractivity contribution in [3.05, 3.63) is 31.6 Å². The highest BCUT2D eigenvalue weighted by Gasteiger charge is 2.12. The summed E-state index contributed by atoms with van der Waals surface area (Å²) in [4.78, 5) is 27.8. The van der Waals surface area contributed by atoms with Crippen LogP contribution < -0.4 is 11.2 Å². The third-order valence-corrected chi connectivity index (χ3v) is 3.06. The molecule has 16 heavy (non-hydrogen) atoms. The second kappa shape index (κ2) is 4.84. The first-order valence-corrected chi connectivity index (χ1v) is 5.38. The van der Waals surface area contributed by atoms with Gasteiger partial charge in [0.15, 0.2) is 0 Å². The number of nitrogens with zero attached hydrogens (tertiary/aromatic N) is 2. The highest BCUT2D eigenvalue weighted by Crippen LogP contribution is 2.03. The van der Waals surface area contributed by atoms with Crippen LogP contribution in [0.3, 0.4) is 0 Å². The summed E-state index contributed by atoms with van der Waals surface area (Å²) >= 11 is 5.71. The molecule has 0 aliphatic heterocycles. The number of likely N-dealkylation sites (N-methyl/N-ethyl adjacent to an activating group) is 1. The van der Waals surface area contributed by atoms with Crippen LogP contribution in [0.5, 0.6) is 0 Å². The fourth-order valence-electron chi connectivity index (χ4n) is 1.24. The zero-order valence-corrected chi connectivity index (χ0v) is 10.6. The van der Waals surface area contributed by atoms with Gasteiger partial charge in [0.05, 0.1) is 0 Å². The van der Waals surface area contributed by atoms with Crippen molar-refractivity contribution in [2.75, 3.05) is 14.1 Å². The molecule has 0 aliphatic rings. The maximum absolute atomic E-state index is 11.8. The zero-order valence-electron chi connectivity index (χ0n) is 9.87. The largest absolute Gasteiger partial charge is 0.329 e. The molecule has 5 nitrogen and oxygen atoms in total. The molecule has 0 radical (unpaired) electrons. The van der Waals surface area contributed by atoms with Gasteiger partial charge in [0, 0.05) is 18.2 Å². The molecule has 1 atom stereocenters. The van der Waals surface area contributed by atoms with Gasteiger partial charge in [-0.2, -0.15) is 0 Å². The SMILES string of the molecule is Cc1c(Cl)[nH]c(=O)n(CC(C)N(C)C)c1=O. The molecule has 1 N–H and O–H groups in total. The summed E-state index contributed by atoms with van der Waals surface area (Å²) in [5.41, 5.74) is -0.427. The first-order chi connectivity index (χ1) is 7.34. The normalized spacial score (nSPS) is 13.1. The first-order valence-electron chi connectivity index (χ1n) is 5.00. The van der Waals surface area contributed by atoms with E-state index >= 15 is 0 Å². The van der Waals surface area contributed by atoms with Crippen LogP contribution in [-0.4, -0.2) is 34.6 Å². The summed E-state index contributed by atoms with van der Waals surface area (Å²) in [6, 6.07) is 0.0966. The lowest BCUT2D eigenvalue weighted by Gasteiger charge is -2.20. The molecule has 0 saturated carbocycles. The van der Waals surface area contributed by atoms with Crippen LogP contribution in [-0.2, 0) is 6.54 Å². The summed E-state index contributed by atoms with van der Waals surface area (Å²) in [5, 5.41) is 0.115. The van der Waals surface area contributed by atoms with Gasteiger partial charge in [0.1, 0.15) is 5.15 Å². The molecule has 0 amide bonds. The van der Waals surface area contributed by atoms with E-state index in [0.29, 0.717) is 12.1 Å². The van der Waals surface area contributed by atoms with Gasteiger partial charge in [-0.25, -0.2) is 4.79 Å². The van der Waals surface area contributed by atoms with Crippen molar-refractivity contribution in [3.8, 4) is 0 Å². The number of halogens is 1. The number of nitrogens with one attached hydrogen (secondary N) is 1. The summed E-state index contributed by atoms with van der Waals surface area (Å²) in [6.07, 6.45) is 0. The van der Waals surface area contributed by atoms with Crippen molar-refractivity contribution in [1.29, 1.82) is 0 Å². The predicted molar refractivity (Wildman–Crippen MR) is 64.2 cm³/mol. The highest BCUT2D eigenvalue weighted by atomic mass is 35.5. The van der Waals surface area contributed by atoms with Gasteiger partial charge in [-0.3, -0.25) is 14.3 Å². The van der Waals surface area contributed by atoms with Crippen molar-refractivity contribution < 1.29 is 0 Å². The summed E-state index contributed by atoms with van der Waals surface area (Å²) in [5.74, 6) is 0. The van der Waals surface area contributed by atoms with E-state index in [1.165, 1.54) is 4.57 Å². The number of aromatic nitrogens is 2. The number of hydrogen-bond acceptors (Lipinski definition) is 3. The van der Waals surface area contributed by atoms with Crippen molar-refractivity contribution in [3.63, 3.8) is 0 Å². The quantitative estimate of drug-likeness (QED) is 0.787. The molecule has 0 aliphatic carbocycles. The minimum atomic E-state index is -0.464. The van der Waals surface area contributed by atoms with Crippen LogP contribution in [0, 0.1) is 6.92 Å². The molecule has 0 aromatic carbocycles. The molecular formula is C10H16ClN3O2. The highest BCUT2D eigenvalue weighted by molar-refractivity contribution is 6.30. The topological polar surface area (TPSA) is 58.1 Å². The monoisotopic (exact) mass is 245 g/mol. The van der Waals surface area contributed by atoms with Gasteiger partial charge < -0.3 is 4.90 Å². The van der Waals surface area contributed by atoms with E-state index < -0.39 is 5.69 Å². The molecule has 6 heteroatoms. The van der Waals surface area contributed by atoms with Gasteiger partial charge in [-0.1, -0.05) is 11.6 Å². The molecule has 1 unspecified atom stereocenters. The number of H-pyrrole nitrogens is 1. The van der Waals surface area contributed by atoms with Gasteiger partial charge in [-0.15, -0.1) is 0 Å². The molecular weight excluding hydrogens is 230 g/mol. The van der Waals surface area contributed by atoms with Crippen LogP contribution in [0.1, 0.15) is 12.5 Å². The number of hydrogen-bond donors (Lipinski definition) is 1. The molecule has 1 aromatic rings. The van der Waals surface area contributed by atoms with Gasteiger partial charge in [-0.05, 0) is 27.9 Å². The van der Waals surface area contributed by atoms with Crippen LogP contribution in [0.15, 0.2) is 9.59 Å². The third kappa shape index (κ3) is 2.54. The Morgan fingerprint density at radius 1 is 1.44 bits per heavy atom. The fraction of sp³-hybridized carbons (Fsp3) is 0.600. The third-order valence-electron chi connectivity index (χ3n) is 2.69. The average Bonchev–Trinajstić information content (AvgIpc) is 2.20. The van der Waals surface area contributed by atoms with Crippen LogP contribution >= 0.6 is 11.6 Å². The van der Waals surface area contributed by atoms with E-state index in [9.17, 15) is 9.59 Å². The van der Waals surface area contributed by atoms with Crippen molar-refractivity contribution in [2.45, 2.75) is 26.4 Å². The van der Waals surface area contributed by atoms with Crippen LogP contribution in [0.4, 0.5) is 0 Å². The second-order valence-electron chi connectivity index (χ2n) is 4.10. The standard InChI is InChI=1S/C10H16ClN3O2/c1-6(13(3)4)5-14-9(15)7(2)8(11)12-10(14)16/h6H,5H2,1-4H3,(H,12,16). The lowest BCUT2D eigenvalue weighted by Crippen LogP contribution is -2.42. The summed E-state index contributed by atoms with van der Waals surface area (Å²) in [6.45, 7) is 3.88. The second-order valence-corrected chi connectivity index (χ2v) is 4.48. The Bertz CT molecular complexity index is 490. The Kier molecular flexibility index (Phi) is 3.93. The van der Waals surface area contributed by atoms with Crippen molar-refractivity contribution >= 4 is 11.6 Å². The zero-order chi connectivity index (χ0) is 12.5. The lowest BCUT2D eigenvalue weighted by molar-refractivity contribution is 0.278.